The number of amides is 4. The summed E-state index contributed by atoms with van der Waals surface area (Å²) in [6, 6.07) is 5.40. The zero-order chi connectivity index (χ0) is 19.9. The van der Waals surface area contributed by atoms with E-state index in [0.29, 0.717) is 31.7 Å². The molecule has 0 saturated carbocycles. The summed E-state index contributed by atoms with van der Waals surface area (Å²) in [6.45, 7) is 7.95. The highest BCUT2D eigenvalue weighted by molar-refractivity contribution is 5.99. The van der Waals surface area contributed by atoms with Gasteiger partial charge in [-0.05, 0) is 43.9 Å². The van der Waals surface area contributed by atoms with Gasteiger partial charge < -0.3 is 15.1 Å². The third kappa shape index (κ3) is 3.02. The van der Waals surface area contributed by atoms with E-state index in [1.165, 1.54) is 0 Å². The molecule has 3 saturated heterocycles. The highest BCUT2D eigenvalue weighted by Gasteiger charge is 2.51. The lowest BCUT2D eigenvalue weighted by molar-refractivity contribution is -0.135. The van der Waals surface area contributed by atoms with Crippen molar-refractivity contribution < 1.29 is 14.4 Å². The van der Waals surface area contributed by atoms with Crippen molar-refractivity contribution >= 4 is 23.5 Å². The fourth-order valence-electron chi connectivity index (χ4n) is 4.72. The predicted octanol–water partition coefficient (Wildman–Crippen LogP) is 2.00. The van der Waals surface area contributed by atoms with Crippen molar-refractivity contribution in [2.45, 2.75) is 33.1 Å². The Bertz CT molecular complexity index is 824. The maximum absolute atomic E-state index is 13.1. The number of rotatable bonds is 4. The van der Waals surface area contributed by atoms with Crippen LogP contribution in [0.4, 0.5) is 10.5 Å². The van der Waals surface area contributed by atoms with Crippen LogP contribution in [0.1, 0.15) is 42.1 Å². The van der Waals surface area contributed by atoms with Gasteiger partial charge in [0.05, 0.1) is 5.41 Å². The normalized spacial score (nSPS) is 24.6. The third-order valence-corrected chi connectivity index (χ3v) is 6.34. The fourth-order valence-corrected chi connectivity index (χ4v) is 4.72. The van der Waals surface area contributed by atoms with E-state index in [9.17, 15) is 14.4 Å². The Balaban J connectivity index is 1.52. The largest absolute Gasteiger partial charge is 0.342 e. The van der Waals surface area contributed by atoms with Crippen LogP contribution < -0.4 is 10.2 Å². The number of aryl methyl sites for hydroxylation is 1. The first-order valence-corrected chi connectivity index (χ1v) is 10.2. The predicted molar refractivity (Wildman–Crippen MR) is 106 cm³/mol. The van der Waals surface area contributed by atoms with Crippen molar-refractivity contribution in [3.05, 3.63) is 29.3 Å². The van der Waals surface area contributed by atoms with Crippen LogP contribution in [0.25, 0.3) is 0 Å². The number of hydrogen-bond donors (Lipinski definition) is 1. The van der Waals surface area contributed by atoms with Gasteiger partial charge in [-0.1, -0.05) is 13.0 Å². The molecular weight excluding hydrogens is 356 g/mol. The highest BCUT2D eigenvalue weighted by Crippen LogP contribution is 2.41. The summed E-state index contributed by atoms with van der Waals surface area (Å²) < 4.78 is 0. The SMILES string of the molecule is CCCN1CCC2(CCN(C(=O)c3ccc(C)c(N4CCNC4=O)c3)C2)C1=O. The van der Waals surface area contributed by atoms with Gasteiger partial charge in [0.15, 0.2) is 0 Å². The molecule has 1 atom stereocenters. The van der Waals surface area contributed by atoms with Gasteiger partial charge in [0.25, 0.3) is 5.91 Å². The summed E-state index contributed by atoms with van der Waals surface area (Å²) in [4.78, 5) is 43.5. The van der Waals surface area contributed by atoms with E-state index in [1.54, 1.807) is 4.90 Å². The van der Waals surface area contributed by atoms with Crippen LogP contribution in [0, 0.1) is 12.3 Å². The number of anilines is 1. The van der Waals surface area contributed by atoms with E-state index in [1.807, 2.05) is 34.9 Å². The summed E-state index contributed by atoms with van der Waals surface area (Å²) in [7, 11) is 0. The fraction of sp³-hybridized carbons (Fsp3) is 0.571. The number of likely N-dealkylation sites (tertiary alicyclic amines) is 2. The molecule has 3 fully saturated rings. The quantitative estimate of drug-likeness (QED) is 0.863. The van der Waals surface area contributed by atoms with Gasteiger partial charge in [0.1, 0.15) is 0 Å². The number of carbonyl (C=O) groups excluding carboxylic acids is 3. The molecular formula is C21H28N4O3. The maximum atomic E-state index is 13.1. The molecule has 150 valence electrons. The first kappa shape index (κ1) is 18.8. The van der Waals surface area contributed by atoms with Crippen LogP contribution in [0.15, 0.2) is 18.2 Å². The van der Waals surface area contributed by atoms with Gasteiger partial charge in [0.2, 0.25) is 5.91 Å². The van der Waals surface area contributed by atoms with Gasteiger partial charge in [-0.2, -0.15) is 0 Å². The van der Waals surface area contributed by atoms with Crippen molar-refractivity contribution in [1.82, 2.24) is 15.1 Å². The highest BCUT2D eigenvalue weighted by atomic mass is 16.2. The topological polar surface area (TPSA) is 73.0 Å². The molecule has 1 N–H and O–H groups in total. The Morgan fingerprint density at radius 3 is 2.68 bits per heavy atom. The van der Waals surface area contributed by atoms with E-state index in [0.717, 1.165) is 43.6 Å². The molecule has 28 heavy (non-hydrogen) atoms. The molecule has 3 heterocycles. The van der Waals surface area contributed by atoms with Crippen molar-refractivity contribution in [2.75, 3.05) is 44.2 Å². The van der Waals surface area contributed by atoms with Crippen molar-refractivity contribution in [3.8, 4) is 0 Å². The molecule has 4 amide bonds. The summed E-state index contributed by atoms with van der Waals surface area (Å²) in [5.74, 6) is 0.155. The molecule has 1 spiro atoms. The van der Waals surface area contributed by atoms with Crippen LogP contribution in [0.2, 0.25) is 0 Å². The molecule has 7 heteroatoms. The standard InChI is InChI=1S/C21H28N4O3/c1-3-9-23-10-6-21(19(23)27)7-11-24(14-21)18(26)16-5-4-15(2)17(13-16)25-12-8-22-20(25)28/h4-5,13H,3,6-12,14H2,1-2H3,(H,22,28). The summed E-state index contributed by atoms with van der Waals surface area (Å²) in [5, 5.41) is 2.80. The second kappa shape index (κ2) is 7.11. The van der Waals surface area contributed by atoms with Crippen LogP contribution in [0.5, 0.6) is 0 Å². The van der Waals surface area contributed by atoms with E-state index < -0.39 is 5.41 Å². The zero-order valence-electron chi connectivity index (χ0n) is 16.7. The van der Waals surface area contributed by atoms with E-state index in [-0.39, 0.29) is 17.8 Å². The monoisotopic (exact) mass is 384 g/mol. The van der Waals surface area contributed by atoms with Gasteiger partial charge >= 0.3 is 6.03 Å². The number of urea groups is 1. The van der Waals surface area contributed by atoms with Crippen molar-refractivity contribution in [1.29, 1.82) is 0 Å². The van der Waals surface area contributed by atoms with E-state index in [2.05, 4.69) is 12.2 Å². The van der Waals surface area contributed by atoms with Crippen molar-refractivity contribution in [3.63, 3.8) is 0 Å². The average molecular weight is 384 g/mol. The Morgan fingerprint density at radius 1 is 1.18 bits per heavy atom. The Morgan fingerprint density at radius 2 is 1.96 bits per heavy atom. The lowest BCUT2D eigenvalue weighted by Crippen LogP contribution is -2.38. The molecule has 7 nitrogen and oxygen atoms in total. The number of hydrogen-bond acceptors (Lipinski definition) is 3. The lowest BCUT2D eigenvalue weighted by Gasteiger charge is -2.24. The maximum Gasteiger partial charge on any atom is 0.322 e. The minimum absolute atomic E-state index is 0.0560. The Labute approximate surface area is 165 Å². The van der Waals surface area contributed by atoms with Crippen LogP contribution >= 0.6 is 0 Å². The molecule has 0 aromatic heterocycles. The molecule has 3 aliphatic heterocycles. The minimum atomic E-state index is -0.396. The Kier molecular flexibility index (Phi) is 4.77. The second-order valence-electron chi connectivity index (χ2n) is 8.18. The summed E-state index contributed by atoms with van der Waals surface area (Å²) in [5.41, 5.74) is 1.93. The van der Waals surface area contributed by atoms with E-state index in [4.69, 9.17) is 0 Å². The van der Waals surface area contributed by atoms with E-state index >= 15 is 0 Å². The minimum Gasteiger partial charge on any atom is -0.342 e. The lowest BCUT2D eigenvalue weighted by atomic mass is 9.85. The zero-order valence-corrected chi connectivity index (χ0v) is 16.7. The Hall–Kier alpha value is -2.57. The molecule has 4 rings (SSSR count). The molecule has 0 bridgehead atoms. The van der Waals surface area contributed by atoms with Gasteiger partial charge in [0, 0.05) is 50.5 Å². The third-order valence-electron chi connectivity index (χ3n) is 6.34. The summed E-state index contributed by atoms with van der Waals surface area (Å²) >= 11 is 0. The van der Waals surface area contributed by atoms with Gasteiger partial charge in [-0.3, -0.25) is 14.5 Å². The van der Waals surface area contributed by atoms with Gasteiger partial charge in [-0.15, -0.1) is 0 Å². The van der Waals surface area contributed by atoms with Crippen LogP contribution in [-0.4, -0.2) is 66.9 Å². The number of nitrogens with one attached hydrogen (secondary N) is 1. The molecule has 1 aromatic rings. The average Bonchev–Trinajstić information content (AvgIpc) is 3.38. The molecule has 0 aliphatic carbocycles. The second-order valence-corrected chi connectivity index (χ2v) is 8.18. The molecule has 0 radical (unpaired) electrons. The van der Waals surface area contributed by atoms with Crippen molar-refractivity contribution in [2.24, 2.45) is 5.41 Å². The number of carbonyl (C=O) groups is 3. The number of nitrogens with zero attached hydrogens (tertiary/aromatic N) is 3. The first-order chi connectivity index (χ1) is 13.4. The molecule has 1 unspecified atom stereocenters. The first-order valence-electron chi connectivity index (χ1n) is 10.2. The van der Waals surface area contributed by atoms with Crippen LogP contribution in [-0.2, 0) is 4.79 Å². The van der Waals surface area contributed by atoms with Gasteiger partial charge in [-0.25, -0.2) is 4.79 Å². The summed E-state index contributed by atoms with van der Waals surface area (Å²) in [6.07, 6.45) is 2.54. The molecule has 1 aromatic carbocycles. The van der Waals surface area contributed by atoms with Crippen LogP contribution in [0.3, 0.4) is 0 Å². The molecule has 3 aliphatic rings. The number of benzene rings is 1. The smallest absolute Gasteiger partial charge is 0.322 e.